The number of benzene rings is 2. The summed E-state index contributed by atoms with van der Waals surface area (Å²) in [4.78, 5) is 0. The van der Waals surface area contributed by atoms with Crippen LogP contribution >= 0.6 is 0 Å². The first kappa shape index (κ1) is 12.6. The smallest absolute Gasteiger partial charge is 0.115 e. The predicted molar refractivity (Wildman–Crippen MR) is 71.8 cm³/mol. The Balaban J connectivity index is 1.96. The fraction of sp³-hybridized carbons (Fsp3) is 0.143. The summed E-state index contributed by atoms with van der Waals surface area (Å²) in [5.74, 6) is 1.34. The Hall–Kier alpha value is -1.81. The van der Waals surface area contributed by atoms with Gasteiger partial charge >= 0.3 is 0 Å². The average Bonchev–Trinajstić information content (AvgIpc) is 2.35. The van der Waals surface area contributed by atoms with Crippen molar-refractivity contribution in [2.45, 2.75) is 11.5 Å². The Kier molecular flexibility index (Phi) is 3.99. The van der Waals surface area contributed by atoms with Crippen LogP contribution in [0.15, 0.2) is 48.5 Å². The van der Waals surface area contributed by atoms with Gasteiger partial charge in [0.2, 0.25) is 0 Å². The lowest BCUT2D eigenvalue weighted by atomic mass is 10.2. The topological polar surface area (TPSA) is 57.5 Å². The maximum atomic E-state index is 11.9. The van der Waals surface area contributed by atoms with Crippen LogP contribution in [-0.2, 0) is 22.3 Å². The van der Waals surface area contributed by atoms with Crippen molar-refractivity contribution in [3.05, 3.63) is 59.7 Å². The molecule has 0 fully saturated rings. The summed E-state index contributed by atoms with van der Waals surface area (Å²) in [6.07, 6.45) is 0. The number of hydrogen-bond donors (Lipinski definition) is 2. The van der Waals surface area contributed by atoms with E-state index in [0.717, 1.165) is 11.1 Å². The molecule has 0 bridgehead atoms. The molecule has 0 saturated heterocycles. The Bertz CT molecular complexity index is 482. The molecule has 0 aliphatic carbocycles. The van der Waals surface area contributed by atoms with Crippen LogP contribution in [0.25, 0.3) is 0 Å². The van der Waals surface area contributed by atoms with Crippen LogP contribution in [0.4, 0.5) is 0 Å². The summed E-state index contributed by atoms with van der Waals surface area (Å²) < 4.78 is 11.9. The molecule has 0 aliphatic heterocycles. The van der Waals surface area contributed by atoms with Crippen molar-refractivity contribution in [3.8, 4) is 11.5 Å². The van der Waals surface area contributed by atoms with Crippen LogP contribution in [0.2, 0.25) is 0 Å². The van der Waals surface area contributed by atoms with E-state index in [1.165, 1.54) is 0 Å². The van der Waals surface area contributed by atoms with Crippen molar-refractivity contribution >= 4 is 10.8 Å². The monoisotopic (exact) mass is 262 g/mol. The van der Waals surface area contributed by atoms with Gasteiger partial charge in [-0.15, -0.1) is 0 Å². The van der Waals surface area contributed by atoms with E-state index in [0.29, 0.717) is 11.5 Å². The van der Waals surface area contributed by atoms with Gasteiger partial charge in [0, 0.05) is 22.3 Å². The fourth-order valence-electron chi connectivity index (χ4n) is 1.61. The maximum absolute atomic E-state index is 11.9. The fourth-order valence-corrected chi connectivity index (χ4v) is 2.84. The van der Waals surface area contributed by atoms with Crippen molar-refractivity contribution in [2.75, 3.05) is 0 Å². The van der Waals surface area contributed by atoms with Gasteiger partial charge < -0.3 is 10.2 Å². The zero-order chi connectivity index (χ0) is 13.0. The highest BCUT2D eigenvalue weighted by Crippen LogP contribution is 2.15. The van der Waals surface area contributed by atoms with Gasteiger partial charge in [0.25, 0.3) is 0 Å². The minimum atomic E-state index is -0.998. The molecule has 2 rings (SSSR count). The molecule has 2 N–H and O–H groups in total. The van der Waals surface area contributed by atoms with E-state index in [1.54, 1.807) is 48.5 Å². The SMILES string of the molecule is O=S(Cc1ccc(O)cc1)Cc1ccc(O)cc1. The van der Waals surface area contributed by atoms with E-state index in [4.69, 9.17) is 10.2 Å². The quantitative estimate of drug-likeness (QED) is 0.890. The third kappa shape index (κ3) is 3.60. The molecule has 2 aromatic rings. The molecule has 3 nitrogen and oxygen atoms in total. The van der Waals surface area contributed by atoms with Gasteiger partial charge in [0.05, 0.1) is 0 Å². The normalized spacial score (nSPS) is 10.7. The highest BCUT2D eigenvalue weighted by atomic mass is 32.2. The van der Waals surface area contributed by atoms with Crippen LogP contribution in [0.1, 0.15) is 11.1 Å². The van der Waals surface area contributed by atoms with Crippen molar-refractivity contribution in [2.24, 2.45) is 0 Å². The highest BCUT2D eigenvalue weighted by Gasteiger charge is 2.04. The molecule has 94 valence electrons. The molecule has 0 spiro atoms. The zero-order valence-corrected chi connectivity index (χ0v) is 10.6. The Labute approximate surface area is 108 Å². The second-order valence-electron chi connectivity index (χ2n) is 4.06. The molecule has 0 saturated carbocycles. The molecule has 0 aromatic heterocycles. The van der Waals surface area contributed by atoms with Crippen LogP contribution in [0, 0.1) is 0 Å². The van der Waals surface area contributed by atoms with Gasteiger partial charge in [-0.3, -0.25) is 4.21 Å². The van der Waals surface area contributed by atoms with Gasteiger partial charge in [-0.1, -0.05) is 24.3 Å². The Morgan fingerprint density at radius 2 is 1.06 bits per heavy atom. The molecule has 0 aliphatic rings. The van der Waals surface area contributed by atoms with Crippen LogP contribution < -0.4 is 0 Å². The second kappa shape index (κ2) is 5.69. The highest BCUT2D eigenvalue weighted by molar-refractivity contribution is 7.83. The largest absolute Gasteiger partial charge is 0.508 e. The first-order valence-corrected chi connectivity index (χ1v) is 7.03. The molecule has 4 heteroatoms. The molecule has 0 heterocycles. The van der Waals surface area contributed by atoms with Crippen molar-refractivity contribution in [3.63, 3.8) is 0 Å². The average molecular weight is 262 g/mol. The van der Waals surface area contributed by atoms with Gasteiger partial charge in [-0.05, 0) is 35.4 Å². The van der Waals surface area contributed by atoms with E-state index in [-0.39, 0.29) is 11.5 Å². The summed E-state index contributed by atoms with van der Waals surface area (Å²) >= 11 is 0. The zero-order valence-electron chi connectivity index (χ0n) is 9.74. The number of rotatable bonds is 4. The third-order valence-electron chi connectivity index (χ3n) is 2.53. The first-order chi connectivity index (χ1) is 8.63. The summed E-state index contributed by atoms with van der Waals surface area (Å²) in [7, 11) is -0.998. The van der Waals surface area contributed by atoms with E-state index in [2.05, 4.69) is 0 Å². The van der Waals surface area contributed by atoms with Crippen molar-refractivity contribution in [1.82, 2.24) is 0 Å². The molecule has 18 heavy (non-hydrogen) atoms. The molecular weight excluding hydrogens is 248 g/mol. The molecule has 0 atom stereocenters. The predicted octanol–water partition coefficient (Wildman–Crippen LogP) is 2.55. The van der Waals surface area contributed by atoms with Gasteiger partial charge in [-0.2, -0.15) is 0 Å². The Morgan fingerprint density at radius 1 is 0.722 bits per heavy atom. The van der Waals surface area contributed by atoms with Crippen LogP contribution in [0.5, 0.6) is 11.5 Å². The summed E-state index contributed by atoms with van der Waals surface area (Å²) in [5.41, 5.74) is 1.87. The molecular formula is C14H14O3S. The lowest BCUT2D eigenvalue weighted by Crippen LogP contribution is -1.99. The minimum absolute atomic E-state index is 0.211. The van der Waals surface area contributed by atoms with Crippen LogP contribution in [0.3, 0.4) is 0 Å². The first-order valence-electron chi connectivity index (χ1n) is 5.54. The van der Waals surface area contributed by atoms with E-state index in [9.17, 15) is 4.21 Å². The third-order valence-corrected chi connectivity index (χ3v) is 3.84. The van der Waals surface area contributed by atoms with Crippen molar-refractivity contribution in [1.29, 1.82) is 0 Å². The number of hydrogen-bond acceptors (Lipinski definition) is 3. The summed E-state index contributed by atoms with van der Waals surface area (Å²) in [6.45, 7) is 0. The second-order valence-corrected chi connectivity index (χ2v) is 5.52. The number of phenols is 2. The summed E-state index contributed by atoms with van der Waals surface area (Å²) in [5, 5.41) is 18.3. The molecule has 0 unspecified atom stereocenters. The van der Waals surface area contributed by atoms with E-state index < -0.39 is 10.8 Å². The van der Waals surface area contributed by atoms with Crippen LogP contribution in [-0.4, -0.2) is 14.4 Å². The Morgan fingerprint density at radius 3 is 1.39 bits per heavy atom. The maximum Gasteiger partial charge on any atom is 0.115 e. The molecule has 0 radical (unpaired) electrons. The van der Waals surface area contributed by atoms with Gasteiger partial charge in [0.1, 0.15) is 11.5 Å². The molecule has 0 amide bonds. The standard InChI is InChI=1S/C14H14O3S/c15-13-5-1-11(2-6-13)9-18(17)10-12-3-7-14(16)8-4-12/h1-8,15-16H,9-10H2. The van der Waals surface area contributed by atoms with E-state index >= 15 is 0 Å². The lowest BCUT2D eigenvalue weighted by Gasteiger charge is -2.03. The van der Waals surface area contributed by atoms with E-state index in [1.807, 2.05) is 0 Å². The summed E-state index contributed by atoms with van der Waals surface area (Å²) in [6, 6.07) is 13.4. The van der Waals surface area contributed by atoms with Gasteiger partial charge in [-0.25, -0.2) is 0 Å². The minimum Gasteiger partial charge on any atom is -0.508 e. The van der Waals surface area contributed by atoms with Gasteiger partial charge in [0.15, 0.2) is 0 Å². The lowest BCUT2D eigenvalue weighted by molar-refractivity contribution is 0.474. The number of aromatic hydroxyl groups is 2. The van der Waals surface area contributed by atoms with Crippen molar-refractivity contribution < 1.29 is 14.4 Å². The molecule has 2 aromatic carbocycles. The number of phenolic OH excluding ortho intramolecular Hbond substituents is 2.